The number of alkyl halides is 6. The van der Waals surface area contributed by atoms with Gasteiger partial charge >= 0.3 is 0 Å². The predicted octanol–water partition coefficient (Wildman–Crippen LogP) is 5.23. The van der Waals surface area contributed by atoms with Crippen LogP contribution in [0.4, 0.5) is 17.3 Å². The van der Waals surface area contributed by atoms with Gasteiger partial charge in [0.2, 0.25) is 19.4 Å². The first-order valence-corrected chi connectivity index (χ1v) is 8.77. The molecule has 2 rings (SSSR count). The molecule has 0 radical (unpaired) electrons. The van der Waals surface area contributed by atoms with Gasteiger partial charge in [-0.3, -0.25) is 4.79 Å². The van der Waals surface area contributed by atoms with Gasteiger partial charge in [0.1, 0.15) is 0 Å². The van der Waals surface area contributed by atoms with Crippen molar-refractivity contribution in [3.63, 3.8) is 0 Å². The van der Waals surface area contributed by atoms with Crippen molar-refractivity contribution in [2.24, 2.45) is 0 Å². The Balaban J connectivity index is 2.40. The van der Waals surface area contributed by atoms with Crippen LogP contribution in [0.15, 0.2) is 24.3 Å². The van der Waals surface area contributed by atoms with Crippen molar-refractivity contribution >= 4 is 92.8 Å². The molecule has 1 amide bonds. The zero-order valence-electron chi connectivity index (χ0n) is 12.3. The van der Waals surface area contributed by atoms with Crippen LogP contribution in [0.5, 0.6) is 0 Å². The van der Waals surface area contributed by atoms with Crippen molar-refractivity contribution in [2.75, 3.05) is 10.6 Å². The van der Waals surface area contributed by atoms with Crippen LogP contribution in [0.2, 0.25) is 0 Å². The number of halogens is 6. The van der Waals surface area contributed by atoms with Gasteiger partial charge in [0.05, 0.1) is 0 Å². The molecule has 1 aromatic heterocycles. The van der Waals surface area contributed by atoms with Crippen LogP contribution < -0.4 is 10.6 Å². The van der Waals surface area contributed by atoms with Gasteiger partial charge < -0.3 is 10.6 Å². The van der Waals surface area contributed by atoms with Gasteiger partial charge in [0.15, 0.2) is 11.6 Å². The fourth-order valence-electron chi connectivity index (χ4n) is 1.69. The zero-order chi connectivity index (χ0) is 18.8. The molecule has 12 heteroatoms. The summed E-state index contributed by atoms with van der Waals surface area (Å²) in [4.78, 5) is 23.0. The summed E-state index contributed by atoms with van der Waals surface area (Å²) < 4.78 is -3.88. The molecule has 0 aliphatic carbocycles. The highest BCUT2D eigenvalue weighted by atomic mass is 35.6. The molecule has 0 spiro atoms. The predicted molar refractivity (Wildman–Crippen MR) is 102 cm³/mol. The Kier molecular flexibility index (Phi) is 6.46. The molecule has 0 bridgehead atoms. The molecule has 0 aliphatic rings. The topological polar surface area (TPSA) is 79.8 Å². The summed E-state index contributed by atoms with van der Waals surface area (Å²) in [7, 11) is 0. The molecular weight excluding hydrogens is 455 g/mol. The average Bonchev–Trinajstić information content (AvgIpc) is 2.44. The Hall–Kier alpha value is -0.760. The molecule has 0 saturated heterocycles. The van der Waals surface area contributed by atoms with E-state index in [0.717, 1.165) is 0 Å². The van der Waals surface area contributed by atoms with Crippen molar-refractivity contribution < 1.29 is 4.79 Å². The maximum absolute atomic E-state index is 11.1. The summed E-state index contributed by atoms with van der Waals surface area (Å²) >= 11 is 34.9. The Morgan fingerprint density at radius 2 is 1.44 bits per heavy atom. The van der Waals surface area contributed by atoms with Crippen LogP contribution in [0.1, 0.15) is 18.6 Å². The smallest absolute Gasteiger partial charge is 0.250 e. The fourth-order valence-corrected chi connectivity index (χ4v) is 2.20. The van der Waals surface area contributed by atoms with E-state index in [1.807, 2.05) is 0 Å². The fraction of sp³-hybridized carbons (Fsp3) is 0.231. The lowest BCUT2D eigenvalue weighted by atomic mass is 10.3. The molecule has 0 saturated carbocycles. The number of hydrogen-bond donors (Lipinski definition) is 2. The standard InChI is InChI=1S/C13H9Cl6N5O/c1-6(25)20-7-3-2-4-8(5-7)21-11-23-9(12(14,15)16)22-10(24-11)13(17,18)19/h2-5H,1H3,(H,20,25)(H,21,22,23,24). The molecule has 134 valence electrons. The highest BCUT2D eigenvalue weighted by molar-refractivity contribution is 6.67. The van der Waals surface area contributed by atoms with Crippen molar-refractivity contribution in [1.82, 2.24) is 15.0 Å². The number of benzene rings is 1. The highest BCUT2D eigenvalue weighted by Gasteiger charge is 2.33. The van der Waals surface area contributed by atoms with Crippen molar-refractivity contribution in [3.8, 4) is 0 Å². The Morgan fingerprint density at radius 3 is 1.92 bits per heavy atom. The maximum atomic E-state index is 11.1. The van der Waals surface area contributed by atoms with E-state index >= 15 is 0 Å². The second-order valence-corrected chi connectivity index (χ2v) is 9.25. The second kappa shape index (κ2) is 7.86. The number of anilines is 3. The summed E-state index contributed by atoms with van der Waals surface area (Å²) in [5.74, 6) is -0.643. The lowest BCUT2D eigenvalue weighted by molar-refractivity contribution is -0.114. The molecule has 1 heterocycles. The first-order valence-electron chi connectivity index (χ1n) is 6.50. The molecule has 6 nitrogen and oxygen atoms in total. The number of amides is 1. The van der Waals surface area contributed by atoms with Crippen LogP contribution in [0, 0.1) is 0 Å². The first kappa shape index (κ1) is 20.6. The van der Waals surface area contributed by atoms with E-state index in [2.05, 4.69) is 25.6 Å². The van der Waals surface area contributed by atoms with E-state index in [1.165, 1.54) is 6.92 Å². The first-order chi connectivity index (χ1) is 11.4. The van der Waals surface area contributed by atoms with E-state index in [0.29, 0.717) is 11.4 Å². The summed E-state index contributed by atoms with van der Waals surface area (Å²) in [5, 5.41) is 5.52. The van der Waals surface area contributed by atoms with Gasteiger partial charge in [-0.05, 0) is 18.2 Å². The molecule has 1 aromatic carbocycles. The van der Waals surface area contributed by atoms with Gasteiger partial charge in [0.25, 0.3) is 0 Å². The van der Waals surface area contributed by atoms with Gasteiger partial charge in [-0.25, -0.2) is 4.98 Å². The van der Waals surface area contributed by atoms with E-state index in [4.69, 9.17) is 69.6 Å². The number of rotatable bonds is 3. The third-order valence-electron chi connectivity index (χ3n) is 2.58. The van der Waals surface area contributed by atoms with Gasteiger partial charge in [-0.15, -0.1) is 0 Å². The minimum absolute atomic E-state index is 0.00220. The van der Waals surface area contributed by atoms with Crippen LogP contribution in [-0.4, -0.2) is 20.9 Å². The molecular formula is C13H9Cl6N5O. The number of aromatic nitrogens is 3. The van der Waals surface area contributed by atoms with Crippen molar-refractivity contribution in [1.29, 1.82) is 0 Å². The van der Waals surface area contributed by atoms with Crippen LogP contribution in [0.3, 0.4) is 0 Å². The lowest BCUT2D eigenvalue weighted by Gasteiger charge is -2.16. The summed E-state index contributed by atoms with van der Waals surface area (Å²) in [6.07, 6.45) is 0. The molecule has 0 fully saturated rings. The van der Waals surface area contributed by atoms with Crippen LogP contribution in [0.25, 0.3) is 0 Å². The minimum Gasteiger partial charge on any atom is -0.326 e. The number of carbonyl (C=O) groups is 1. The molecule has 0 aliphatic heterocycles. The SMILES string of the molecule is CC(=O)Nc1cccc(Nc2nc(C(Cl)(Cl)Cl)nc(C(Cl)(Cl)Cl)n2)c1. The van der Waals surface area contributed by atoms with Crippen LogP contribution in [-0.2, 0) is 12.4 Å². The third-order valence-corrected chi connectivity index (χ3v) is 3.60. The molecule has 25 heavy (non-hydrogen) atoms. The maximum Gasteiger partial charge on any atom is 0.250 e. The number of nitrogens with zero attached hydrogens (tertiary/aromatic N) is 3. The van der Waals surface area contributed by atoms with E-state index in [-0.39, 0.29) is 23.5 Å². The Bertz CT molecular complexity index is 757. The third kappa shape index (κ3) is 6.16. The van der Waals surface area contributed by atoms with E-state index < -0.39 is 7.59 Å². The zero-order valence-corrected chi connectivity index (χ0v) is 16.9. The van der Waals surface area contributed by atoms with Crippen molar-refractivity contribution in [3.05, 3.63) is 35.9 Å². The average molecular weight is 464 g/mol. The largest absolute Gasteiger partial charge is 0.326 e. The lowest BCUT2D eigenvalue weighted by Crippen LogP contribution is -2.17. The number of carbonyl (C=O) groups excluding carboxylic acids is 1. The number of hydrogen-bond acceptors (Lipinski definition) is 5. The molecule has 0 atom stereocenters. The van der Waals surface area contributed by atoms with Gasteiger partial charge in [0, 0.05) is 18.3 Å². The second-order valence-electron chi connectivity index (χ2n) is 4.69. The minimum atomic E-state index is -1.94. The quantitative estimate of drug-likeness (QED) is 0.609. The van der Waals surface area contributed by atoms with Gasteiger partial charge in [-0.2, -0.15) is 9.97 Å². The summed E-state index contributed by atoms with van der Waals surface area (Å²) in [6, 6.07) is 6.77. The highest BCUT2D eigenvalue weighted by Crippen LogP contribution is 2.40. The van der Waals surface area contributed by atoms with E-state index in [1.54, 1.807) is 24.3 Å². The Morgan fingerprint density at radius 1 is 0.920 bits per heavy atom. The monoisotopic (exact) mass is 461 g/mol. The number of nitrogens with one attached hydrogen (secondary N) is 2. The summed E-state index contributed by atoms with van der Waals surface area (Å²) in [6.45, 7) is 1.40. The Labute approximate surface area is 173 Å². The van der Waals surface area contributed by atoms with Crippen LogP contribution >= 0.6 is 69.6 Å². The summed E-state index contributed by atoms with van der Waals surface area (Å²) in [5.41, 5.74) is 1.11. The normalized spacial score (nSPS) is 12.0. The van der Waals surface area contributed by atoms with Gasteiger partial charge in [-0.1, -0.05) is 75.7 Å². The molecule has 2 aromatic rings. The molecule has 2 N–H and O–H groups in total. The molecule has 0 unspecified atom stereocenters. The van der Waals surface area contributed by atoms with E-state index in [9.17, 15) is 4.79 Å². The van der Waals surface area contributed by atoms with Crippen molar-refractivity contribution in [2.45, 2.75) is 14.5 Å².